The summed E-state index contributed by atoms with van der Waals surface area (Å²) in [6, 6.07) is 14.6. The fraction of sp³-hybridized carbons (Fsp3) is 0.433. The van der Waals surface area contributed by atoms with Crippen LogP contribution < -0.4 is 14.8 Å². The predicted octanol–water partition coefficient (Wildman–Crippen LogP) is 2.92. The molecule has 1 saturated carbocycles. The average Bonchev–Trinajstić information content (AvgIpc) is 3.79. The van der Waals surface area contributed by atoms with Gasteiger partial charge in [0.05, 0.1) is 18.6 Å². The van der Waals surface area contributed by atoms with E-state index in [-0.39, 0.29) is 30.7 Å². The zero-order valence-electron chi connectivity index (χ0n) is 24.2. The van der Waals surface area contributed by atoms with Crippen LogP contribution in [0.25, 0.3) is 0 Å². The molecule has 0 unspecified atom stereocenters. The monoisotopic (exact) mass is 595 g/mol. The molecule has 0 bridgehead atoms. The van der Waals surface area contributed by atoms with Gasteiger partial charge < -0.3 is 19.7 Å². The number of hydrogen-bond acceptors (Lipinski definition) is 7. The lowest BCUT2D eigenvalue weighted by Crippen LogP contribution is -2.50. The SMILES string of the molecule is CCS(=O)(=O)N1CCN(C(=O)c2ccc(COc3cccc(CNC(=O)c4cc(C5CC5)nn4C)c3OC)cc2)CC1. The van der Waals surface area contributed by atoms with Crippen molar-refractivity contribution < 1.29 is 27.5 Å². The molecule has 5 rings (SSSR count). The summed E-state index contributed by atoms with van der Waals surface area (Å²) in [6.45, 7) is 3.49. The molecule has 2 heterocycles. The van der Waals surface area contributed by atoms with Crippen LogP contribution in [0.4, 0.5) is 0 Å². The van der Waals surface area contributed by atoms with Gasteiger partial charge in [-0.15, -0.1) is 0 Å². The van der Waals surface area contributed by atoms with Crippen molar-refractivity contribution in [1.82, 2.24) is 24.3 Å². The Morgan fingerprint density at radius 1 is 1.05 bits per heavy atom. The predicted molar refractivity (Wildman–Crippen MR) is 157 cm³/mol. The lowest BCUT2D eigenvalue weighted by molar-refractivity contribution is 0.0697. The van der Waals surface area contributed by atoms with E-state index < -0.39 is 10.0 Å². The van der Waals surface area contributed by atoms with Crippen LogP contribution in [0.5, 0.6) is 11.5 Å². The fourth-order valence-corrected chi connectivity index (χ4v) is 6.12. The molecule has 2 aromatic carbocycles. The first-order valence-corrected chi connectivity index (χ1v) is 15.8. The Balaban J connectivity index is 1.16. The third kappa shape index (κ3) is 6.60. The minimum Gasteiger partial charge on any atom is -0.493 e. The molecule has 11 nitrogen and oxygen atoms in total. The number of methoxy groups -OCH3 is 1. The van der Waals surface area contributed by atoms with Gasteiger partial charge in [-0.2, -0.15) is 9.40 Å². The highest BCUT2D eigenvalue weighted by Crippen LogP contribution is 2.39. The highest BCUT2D eigenvalue weighted by molar-refractivity contribution is 7.89. The summed E-state index contributed by atoms with van der Waals surface area (Å²) >= 11 is 0. The van der Waals surface area contributed by atoms with Crippen molar-refractivity contribution in [3.8, 4) is 11.5 Å². The molecular formula is C30H37N5O6S. The van der Waals surface area contributed by atoms with Crippen LogP contribution in [0, 0.1) is 0 Å². The Kier molecular flexibility index (Phi) is 8.83. The van der Waals surface area contributed by atoms with Crippen LogP contribution in [0.2, 0.25) is 0 Å². The summed E-state index contributed by atoms with van der Waals surface area (Å²) in [6.07, 6.45) is 2.24. The van der Waals surface area contributed by atoms with E-state index in [9.17, 15) is 18.0 Å². The van der Waals surface area contributed by atoms with Crippen molar-refractivity contribution in [3.05, 3.63) is 76.6 Å². The molecule has 1 saturated heterocycles. The lowest BCUT2D eigenvalue weighted by Gasteiger charge is -2.33. The number of benzene rings is 2. The minimum absolute atomic E-state index is 0.0598. The van der Waals surface area contributed by atoms with E-state index in [4.69, 9.17) is 9.47 Å². The maximum Gasteiger partial charge on any atom is 0.269 e. The molecule has 0 atom stereocenters. The Morgan fingerprint density at radius 3 is 2.40 bits per heavy atom. The largest absolute Gasteiger partial charge is 0.493 e. The molecule has 1 aromatic heterocycles. The van der Waals surface area contributed by atoms with E-state index in [2.05, 4.69) is 10.4 Å². The van der Waals surface area contributed by atoms with Gasteiger partial charge in [-0.05, 0) is 49.6 Å². The Bertz CT molecular complexity index is 1540. The van der Waals surface area contributed by atoms with Crippen molar-refractivity contribution in [2.75, 3.05) is 39.0 Å². The molecule has 42 heavy (non-hydrogen) atoms. The van der Waals surface area contributed by atoms with Crippen molar-refractivity contribution in [1.29, 1.82) is 0 Å². The van der Waals surface area contributed by atoms with Crippen LogP contribution in [0.3, 0.4) is 0 Å². The minimum atomic E-state index is -3.25. The molecule has 0 radical (unpaired) electrons. The van der Waals surface area contributed by atoms with Crippen molar-refractivity contribution >= 4 is 21.8 Å². The second-order valence-corrected chi connectivity index (χ2v) is 12.8. The molecule has 2 aliphatic rings. The van der Waals surface area contributed by atoms with Crippen molar-refractivity contribution in [2.45, 2.75) is 38.8 Å². The van der Waals surface area contributed by atoms with Gasteiger partial charge in [0.1, 0.15) is 12.3 Å². The zero-order chi connectivity index (χ0) is 29.9. The Labute approximate surface area is 246 Å². The summed E-state index contributed by atoms with van der Waals surface area (Å²) in [5, 5.41) is 7.43. The number of rotatable bonds is 11. The number of ether oxygens (including phenoxy) is 2. The number of carbonyl (C=O) groups excluding carboxylic acids is 2. The van der Waals surface area contributed by atoms with Gasteiger partial charge in [0, 0.05) is 56.8 Å². The summed E-state index contributed by atoms with van der Waals surface area (Å²) in [7, 11) is 0.0958. The average molecular weight is 596 g/mol. The first kappa shape index (κ1) is 29.6. The summed E-state index contributed by atoms with van der Waals surface area (Å²) in [4.78, 5) is 27.5. The molecule has 1 N–H and O–H groups in total. The van der Waals surface area contributed by atoms with Gasteiger partial charge in [0.15, 0.2) is 11.5 Å². The second kappa shape index (κ2) is 12.5. The molecule has 3 aromatic rings. The maximum atomic E-state index is 13.0. The molecular weight excluding hydrogens is 558 g/mol. The van der Waals surface area contributed by atoms with E-state index in [1.807, 2.05) is 36.4 Å². The summed E-state index contributed by atoms with van der Waals surface area (Å²) in [5.74, 6) is 1.29. The highest BCUT2D eigenvalue weighted by Gasteiger charge is 2.29. The van der Waals surface area contributed by atoms with Crippen LogP contribution in [0.1, 0.15) is 63.4 Å². The number of aromatic nitrogens is 2. The van der Waals surface area contributed by atoms with E-state index in [1.54, 1.807) is 42.8 Å². The standard InChI is InChI=1S/C30H37N5O6S/c1-4-42(38,39)35-16-14-34(15-17-35)30(37)23-10-8-21(9-11-23)20-41-27-7-5-6-24(28(27)40-3)19-31-29(36)26-18-25(22-12-13-22)32-33(26)2/h5-11,18,22H,4,12-17,19-20H2,1-3H3,(H,31,36). The van der Waals surface area contributed by atoms with E-state index >= 15 is 0 Å². The van der Waals surface area contributed by atoms with Crippen LogP contribution in [-0.4, -0.2) is 78.3 Å². The Hall–Kier alpha value is -3.90. The van der Waals surface area contributed by atoms with Crippen molar-refractivity contribution in [2.24, 2.45) is 7.05 Å². The van der Waals surface area contributed by atoms with Crippen LogP contribution in [-0.2, 0) is 30.2 Å². The number of piperazine rings is 1. The topological polar surface area (TPSA) is 123 Å². The number of nitrogens with zero attached hydrogens (tertiary/aromatic N) is 4. The molecule has 2 fully saturated rings. The van der Waals surface area contributed by atoms with Gasteiger partial charge in [0.25, 0.3) is 11.8 Å². The number of nitrogens with one attached hydrogen (secondary N) is 1. The highest BCUT2D eigenvalue weighted by atomic mass is 32.2. The number of amides is 2. The number of hydrogen-bond donors (Lipinski definition) is 1. The second-order valence-electron chi connectivity index (χ2n) is 10.6. The smallest absolute Gasteiger partial charge is 0.269 e. The fourth-order valence-electron chi connectivity index (χ4n) is 5.03. The first-order chi connectivity index (χ1) is 20.2. The molecule has 1 aliphatic heterocycles. The van der Waals surface area contributed by atoms with Gasteiger partial charge in [-0.25, -0.2) is 8.42 Å². The quantitative estimate of drug-likeness (QED) is 0.362. The van der Waals surface area contributed by atoms with Gasteiger partial charge >= 0.3 is 0 Å². The number of aryl methyl sites for hydroxylation is 1. The van der Waals surface area contributed by atoms with Crippen LogP contribution in [0.15, 0.2) is 48.5 Å². The van der Waals surface area contributed by atoms with E-state index in [1.165, 1.54) is 4.31 Å². The summed E-state index contributed by atoms with van der Waals surface area (Å²) in [5.41, 5.74) is 3.68. The molecule has 224 valence electrons. The van der Waals surface area contributed by atoms with Gasteiger partial charge in [-0.3, -0.25) is 14.3 Å². The zero-order valence-corrected chi connectivity index (χ0v) is 25.0. The third-order valence-corrected chi connectivity index (χ3v) is 9.59. The molecule has 0 spiro atoms. The molecule has 1 aliphatic carbocycles. The lowest BCUT2D eigenvalue weighted by atomic mass is 10.1. The normalized spacial score (nSPS) is 15.8. The Morgan fingerprint density at radius 2 is 1.76 bits per heavy atom. The summed E-state index contributed by atoms with van der Waals surface area (Å²) < 4.78 is 38.9. The molecule has 12 heteroatoms. The maximum absolute atomic E-state index is 13.0. The number of para-hydroxylation sites is 1. The number of sulfonamides is 1. The number of carbonyl (C=O) groups is 2. The molecule has 2 amide bonds. The third-order valence-electron chi connectivity index (χ3n) is 7.71. The van der Waals surface area contributed by atoms with Crippen LogP contribution >= 0.6 is 0 Å². The van der Waals surface area contributed by atoms with Crippen molar-refractivity contribution in [3.63, 3.8) is 0 Å². The first-order valence-electron chi connectivity index (χ1n) is 14.2. The van der Waals surface area contributed by atoms with E-state index in [0.717, 1.165) is 29.7 Å². The van der Waals surface area contributed by atoms with Gasteiger partial charge in [-0.1, -0.05) is 24.3 Å². The van der Waals surface area contributed by atoms with Gasteiger partial charge in [0.2, 0.25) is 10.0 Å². The van der Waals surface area contributed by atoms with E-state index in [0.29, 0.717) is 54.9 Å².